The molecule has 0 amide bonds. The van der Waals surface area contributed by atoms with Crippen molar-refractivity contribution in [3.05, 3.63) is 11.6 Å². The Morgan fingerprint density at radius 1 is 0.893 bits per heavy atom. The van der Waals surface area contributed by atoms with Gasteiger partial charge in [0.05, 0.1) is 5.38 Å². The fourth-order valence-electron chi connectivity index (χ4n) is 3.21. The van der Waals surface area contributed by atoms with E-state index in [9.17, 15) is 4.79 Å². The number of carbonyl (C=O) groups excluding carboxylic acids is 1. The molecule has 0 aromatic carbocycles. The van der Waals surface area contributed by atoms with Crippen LogP contribution >= 0.6 is 11.6 Å². The van der Waals surface area contributed by atoms with E-state index in [0.717, 1.165) is 19.4 Å². The molecular weight excluding hydrogens is 370 g/mol. The van der Waals surface area contributed by atoms with Crippen LogP contribution in [-0.4, -0.2) is 43.5 Å². The van der Waals surface area contributed by atoms with Gasteiger partial charge in [-0.15, -0.1) is 11.6 Å². The molecule has 0 spiro atoms. The van der Waals surface area contributed by atoms with Crippen LogP contribution in [0.3, 0.4) is 0 Å². The Labute approximate surface area is 180 Å². The van der Waals surface area contributed by atoms with E-state index in [4.69, 9.17) is 16.3 Å². The Bertz CT molecular complexity index is 396. The van der Waals surface area contributed by atoms with Crippen molar-refractivity contribution < 1.29 is 9.53 Å². The van der Waals surface area contributed by atoms with Crippen molar-refractivity contribution in [1.29, 1.82) is 0 Å². The summed E-state index contributed by atoms with van der Waals surface area (Å²) in [5.41, 5.74) is 0.619. The van der Waals surface area contributed by atoms with Crippen molar-refractivity contribution in [3.8, 4) is 0 Å². The predicted molar refractivity (Wildman–Crippen MR) is 123 cm³/mol. The van der Waals surface area contributed by atoms with Crippen LogP contribution in [0.4, 0.5) is 0 Å². The SMILES string of the molecule is CCCCCCCCCCCCCCCC(Cl)C=C(C)C(=O)OCCN(C)C. The average Bonchev–Trinajstić information content (AvgIpc) is 2.65. The summed E-state index contributed by atoms with van der Waals surface area (Å²) in [4.78, 5) is 13.9. The molecule has 0 aliphatic heterocycles. The van der Waals surface area contributed by atoms with E-state index < -0.39 is 0 Å². The Kier molecular flexibility index (Phi) is 19.4. The van der Waals surface area contributed by atoms with Gasteiger partial charge in [0, 0.05) is 12.1 Å². The van der Waals surface area contributed by atoms with Gasteiger partial charge >= 0.3 is 5.97 Å². The van der Waals surface area contributed by atoms with Gasteiger partial charge in [-0.3, -0.25) is 0 Å². The third-order valence-electron chi connectivity index (χ3n) is 5.11. The van der Waals surface area contributed by atoms with Crippen LogP contribution in [0.1, 0.15) is 104 Å². The van der Waals surface area contributed by atoms with E-state index >= 15 is 0 Å². The van der Waals surface area contributed by atoms with E-state index in [1.165, 1.54) is 77.0 Å². The van der Waals surface area contributed by atoms with Gasteiger partial charge in [0.2, 0.25) is 0 Å². The highest BCUT2D eigenvalue weighted by molar-refractivity contribution is 6.22. The number of hydrogen-bond acceptors (Lipinski definition) is 3. The molecule has 3 nitrogen and oxygen atoms in total. The number of alkyl halides is 1. The minimum absolute atomic E-state index is 0.0749. The highest BCUT2D eigenvalue weighted by Crippen LogP contribution is 2.16. The zero-order valence-corrected chi connectivity index (χ0v) is 19.9. The maximum absolute atomic E-state index is 11.9. The lowest BCUT2D eigenvalue weighted by molar-refractivity contribution is -0.139. The predicted octanol–water partition coefficient (Wildman–Crippen LogP) is 7.13. The van der Waals surface area contributed by atoms with Crippen LogP contribution in [0.5, 0.6) is 0 Å². The third-order valence-corrected chi connectivity index (χ3v) is 5.45. The summed E-state index contributed by atoms with van der Waals surface area (Å²) in [7, 11) is 3.92. The summed E-state index contributed by atoms with van der Waals surface area (Å²) in [6.45, 7) is 5.22. The third kappa shape index (κ3) is 18.8. The number of hydrogen-bond donors (Lipinski definition) is 0. The van der Waals surface area contributed by atoms with Crippen LogP contribution in [0, 0.1) is 0 Å². The van der Waals surface area contributed by atoms with Gasteiger partial charge in [-0.05, 0) is 27.4 Å². The quantitative estimate of drug-likeness (QED) is 0.0972. The highest BCUT2D eigenvalue weighted by atomic mass is 35.5. The van der Waals surface area contributed by atoms with Crippen molar-refractivity contribution in [1.82, 2.24) is 4.90 Å². The summed E-state index contributed by atoms with van der Waals surface area (Å²) in [6.07, 6.45) is 20.4. The number of esters is 1. The average molecular weight is 416 g/mol. The van der Waals surface area contributed by atoms with E-state index in [-0.39, 0.29) is 11.3 Å². The van der Waals surface area contributed by atoms with Gasteiger partial charge in [-0.2, -0.15) is 0 Å². The smallest absolute Gasteiger partial charge is 0.333 e. The number of allylic oxidation sites excluding steroid dienone is 1. The van der Waals surface area contributed by atoms with Crippen molar-refractivity contribution in [2.24, 2.45) is 0 Å². The fourth-order valence-corrected chi connectivity index (χ4v) is 3.56. The van der Waals surface area contributed by atoms with E-state index in [1.54, 1.807) is 6.92 Å². The summed E-state index contributed by atoms with van der Waals surface area (Å²) in [5, 5.41) is -0.0749. The zero-order chi connectivity index (χ0) is 21.0. The van der Waals surface area contributed by atoms with E-state index in [0.29, 0.717) is 12.2 Å². The monoisotopic (exact) mass is 415 g/mol. The molecule has 0 N–H and O–H groups in total. The molecule has 0 saturated heterocycles. The number of unbranched alkanes of at least 4 members (excludes halogenated alkanes) is 12. The van der Waals surface area contributed by atoms with Gasteiger partial charge < -0.3 is 9.64 Å². The number of carbonyl (C=O) groups is 1. The second kappa shape index (κ2) is 19.8. The Morgan fingerprint density at radius 2 is 1.36 bits per heavy atom. The van der Waals surface area contributed by atoms with Crippen LogP contribution in [-0.2, 0) is 9.53 Å². The lowest BCUT2D eigenvalue weighted by atomic mass is 10.0. The van der Waals surface area contributed by atoms with Crippen LogP contribution in [0.25, 0.3) is 0 Å². The molecule has 1 unspecified atom stereocenters. The molecule has 1 atom stereocenters. The molecule has 0 aromatic rings. The lowest BCUT2D eigenvalue weighted by Gasteiger charge is -2.11. The fraction of sp³-hybridized carbons (Fsp3) is 0.875. The molecule has 28 heavy (non-hydrogen) atoms. The largest absolute Gasteiger partial charge is 0.461 e. The minimum Gasteiger partial charge on any atom is -0.461 e. The molecule has 0 aromatic heterocycles. The normalized spacial score (nSPS) is 13.1. The Morgan fingerprint density at radius 3 is 1.82 bits per heavy atom. The molecule has 0 bridgehead atoms. The van der Waals surface area contributed by atoms with Crippen molar-refractivity contribution >= 4 is 17.6 Å². The molecule has 0 saturated carbocycles. The molecule has 0 rings (SSSR count). The van der Waals surface area contributed by atoms with Crippen molar-refractivity contribution in [3.63, 3.8) is 0 Å². The molecule has 0 aliphatic rings. The second-order valence-electron chi connectivity index (χ2n) is 8.34. The Balaban J connectivity index is 3.53. The number of rotatable bonds is 19. The first kappa shape index (κ1) is 27.5. The lowest BCUT2D eigenvalue weighted by Crippen LogP contribution is -2.20. The summed E-state index contributed by atoms with van der Waals surface area (Å²) in [6, 6.07) is 0. The van der Waals surface area contributed by atoms with Gasteiger partial charge in [-0.1, -0.05) is 96.5 Å². The van der Waals surface area contributed by atoms with Crippen molar-refractivity contribution in [2.45, 2.75) is 109 Å². The molecular formula is C24H46ClNO2. The summed E-state index contributed by atoms with van der Waals surface area (Å²) < 4.78 is 5.23. The van der Waals surface area contributed by atoms with Crippen LogP contribution < -0.4 is 0 Å². The van der Waals surface area contributed by atoms with Gasteiger partial charge in [0.25, 0.3) is 0 Å². The van der Waals surface area contributed by atoms with Gasteiger partial charge in [0.1, 0.15) is 6.61 Å². The van der Waals surface area contributed by atoms with Crippen LogP contribution in [0.2, 0.25) is 0 Å². The summed E-state index contributed by atoms with van der Waals surface area (Å²) >= 11 is 6.35. The first-order valence-electron chi connectivity index (χ1n) is 11.6. The van der Waals surface area contributed by atoms with Gasteiger partial charge in [-0.25, -0.2) is 4.79 Å². The molecule has 0 heterocycles. The van der Waals surface area contributed by atoms with E-state index in [1.807, 2.05) is 25.1 Å². The maximum atomic E-state index is 11.9. The minimum atomic E-state index is -0.252. The molecule has 4 heteroatoms. The van der Waals surface area contributed by atoms with Crippen LogP contribution in [0.15, 0.2) is 11.6 Å². The Hall–Kier alpha value is -0.540. The number of likely N-dealkylation sites (N-methyl/N-ethyl adjacent to an activating group) is 1. The van der Waals surface area contributed by atoms with Gasteiger partial charge in [0.15, 0.2) is 0 Å². The standard InChI is InChI=1S/C24H46ClNO2/c1-5-6-7-8-9-10-11-12-13-14-15-16-17-18-23(25)21-22(2)24(27)28-20-19-26(3)4/h21,23H,5-20H2,1-4H3. The number of ether oxygens (including phenoxy) is 1. The zero-order valence-electron chi connectivity index (χ0n) is 19.1. The van der Waals surface area contributed by atoms with Crippen molar-refractivity contribution in [2.75, 3.05) is 27.2 Å². The molecule has 0 aliphatic carbocycles. The summed E-state index contributed by atoms with van der Waals surface area (Å²) in [5.74, 6) is -0.252. The first-order valence-corrected chi connectivity index (χ1v) is 12.0. The maximum Gasteiger partial charge on any atom is 0.333 e. The topological polar surface area (TPSA) is 29.5 Å². The number of halogens is 1. The van der Waals surface area contributed by atoms with E-state index in [2.05, 4.69) is 6.92 Å². The molecule has 0 fully saturated rings. The molecule has 0 radical (unpaired) electrons. The second-order valence-corrected chi connectivity index (χ2v) is 8.90. The highest BCUT2D eigenvalue weighted by Gasteiger charge is 2.09. The number of nitrogens with zero attached hydrogens (tertiary/aromatic N) is 1. The molecule has 166 valence electrons. The first-order chi connectivity index (χ1) is 13.5.